The molecule has 1 aromatic carbocycles. The van der Waals surface area contributed by atoms with Crippen molar-refractivity contribution in [3.8, 4) is 0 Å². The molecule has 0 bridgehead atoms. The Kier molecular flexibility index (Phi) is 2.40. The summed E-state index contributed by atoms with van der Waals surface area (Å²) in [4.78, 5) is 4.31. The van der Waals surface area contributed by atoms with Gasteiger partial charge in [0, 0.05) is 11.6 Å². The second-order valence-corrected chi connectivity index (χ2v) is 4.96. The van der Waals surface area contributed by atoms with Crippen molar-refractivity contribution in [2.24, 2.45) is 5.92 Å². The van der Waals surface area contributed by atoms with Crippen molar-refractivity contribution >= 4 is 10.9 Å². The van der Waals surface area contributed by atoms with Gasteiger partial charge in [0.2, 0.25) is 0 Å². The SMILES string of the molecule is CCC(O)(c1ccc2ncccc2c1)C1CC1. The van der Waals surface area contributed by atoms with E-state index in [0.717, 1.165) is 35.7 Å². The number of aromatic nitrogens is 1. The molecule has 1 aliphatic carbocycles. The molecular formula is C15H17NO. The molecule has 1 N–H and O–H groups in total. The first-order valence-corrected chi connectivity index (χ1v) is 6.31. The van der Waals surface area contributed by atoms with E-state index in [1.54, 1.807) is 6.20 Å². The van der Waals surface area contributed by atoms with Gasteiger partial charge >= 0.3 is 0 Å². The van der Waals surface area contributed by atoms with Crippen molar-refractivity contribution in [3.05, 3.63) is 42.1 Å². The van der Waals surface area contributed by atoms with Crippen molar-refractivity contribution < 1.29 is 5.11 Å². The van der Waals surface area contributed by atoms with Crippen LogP contribution in [-0.2, 0) is 5.60 Å². The normalized spacial score (nSPS) is 19.2. The zero-order valence-electron chi connectivity index (χ0n) is 10.1. The molecule has 0 aliphatic heterocycles. The Morgan fingerprint density at radius 1 is 1.35 bits per heavy atom. The summed E-state index contributed by atoms with van der Waals surface area (Å²) in [7, 11) is 0. The fourth-order valence-corrected chi connectivity index (χ4v) is 2.63. The van der Waals surface area contributed by atoms with Gasteiger partial charge in [-0.3, -0.25) is 4.98 Å². The van der Waals surface area contributed by atoms with E-state index < -0.39 is 5.60 Å². The predicted octanol–water partition coefficient (Wildman–Crippen LogP) is 3.24. The van der Waals surface area contributed by atoms with E-state index in [1.165, 1.54) is 0 Å². The molecule has 1 heterocycles. The van der Waals surface area contributed by atoms with Gasteiger partial charge in [0.1, 0.15) is 0 Å². The van der Waals surface area contributed by atoms with E-state index in [-0.39, 0.29) is 0 Å². The van der Waals surface area contributed by atoms with Crippen LogP contribution in [0.4, 0.5) is 0 Å². The van der Waals surface area contributed by atoms with Gasteiger partial charge in [0.15, 0.2) is 0 Å². The van der Waals surface area contributed by atoms with Gasteiger partial charge in [-0.05, 0) is 48.9 Å². The molecule has 88 valence electrons. The second-order valence-electron chi connectivity index (χ2n) is 4.96. The van der Waals surface area contributed by atoms with Crippen LogP contribution < -0.4 is 0 Å². The molecule has 1 unspecified atom stereocenters. The van der Waals surface area contributed by atoms with Crippen LogP contribution in [0.3, 0.4) is 0 Å². The number of nitrogens with zero attached hydrogens (tertiary/aromatic N) is 1. The Bertz CT molecular complexity index is 547. The molecule has 0 amide bonds. The van der Waals surface area contributed by atoms with Crippen LogP contribution in [-0.4, -0.2) is 10.1 Å². The molecule has 2 aromatic rings. The lowest BCUT2D eigenvalue weighted by Gasteiger charge is -2.27. The van der Waals surface area contributed by atoms with Crippen LogP contribution in [0.2, 0.25) is 0 Å². The van der Waals surface area contributed by atoms with Gasteiger partial charge in [-0.2, -0.15) is 0 Å². The first kappa shape index (κ1) is 10.7. The van der Waals surface area contributed by atoms with E-state index in [9.17, 15) is 5.11 Å². The number of rotatable bonds is 3. The smallest absolute Gasteiger partial charge is 0.0922 e. The largest absolute Gasteiger partial charge is 0.385 e. The van der Waals surface area contributed by atoms with E-state index in [1.807, 2.05) is 18.2 Å². The topological polar surface area (TPSA) is 33.1 Å². The molecule has 1 aromatic heterocycles. The molecule has 0 saturated heterocycles. The third-order valence-electron chi connectivity index (χ3n) is 3.89. The number of pyridine rings is 1. The van der Waals surface area contributed by atoms with Crippen LogP contribution in [0.15, 0.2) is 36.5 Å². The maximum atomic E-state index is 10.8. The highest BCUT2D eigenvalue weighted by Gasteiger charge is 2.43. The number of hydrogen-bond donors (Lipinski definition) is 1. The minimum atomic E-state index is -0.635. The fraction of sp³-hybridized carbons (Fsp3) is 0.400. The zero-order valence-corrected chi connectivity index (χ0v) is 10.1. The van der Waals surface area contributed by atoms with E-state index >= 15 is 0 Å². The lowest BCUT2D eigenvalue weighted by molar-refractivity contribution is 0.00903. The van der Waals surface area contributed by atoms with Crippen LogP contribution in [0, 0.1) is 5.92 Å². The summed E-state index contributed by atoms with van der Waals surface area (Å²) in [6, 6.07) is 10.1. The number of aliphatic hydroxyl groups is 1. The highest BCUT2D eigenvalue weighted by molar-refractivity contribution is 5.79. The molecule has 2 heteroatoms. The molecule has 1 atom stereocenters. The van der Waals surface area contributed by atoms with Crippen LogP contribution >= 0.6 is 0 Å². The Hall–Kier alpha value is -1.41. The van der Waals surface area contributed by atoms with Crippen molar-refractivity contribution in [1.82, 2.24) is 4.98 Å². The Morgan fingerprint density at radius 2 is 2.18 bits per heavy atom. The Morgan fingerprint density at radius 3 is 2.88 bits per heavy atom. The minimum Gasteiger partial charge on any atom is -0.385 e. The predicted molar refractivity (Wildman–Crippen MR) is 68.7 cm³/mol. The van der Waals surface area contributed by atoms with Crippen molar-refractivity contribution in [2.75, 3.05) is 0 Å². The van der Waals surface area contributed by atoms with Crippen LogP contribution in [0.1, 0.15) is 31.7 Å². The first-order valence-electron chi connectivity index (χ1n) is 6.31. The molecule has 17 heavy (non-hydrogen) atoms. The maximum Gasteiger partial charge on any atom is 0.0922 e. The van der Waals surface area contributed by atoms with Gasteiger partial charge < -0.3 is 5.11 Å². The number of benzene rings is 1. The molecule has 0 radical (unpaired) electrons. The third kappa shape index (κ3) is 1.73. The summed E-state index contributed by atoms with van der Waals surface area (Å²) >= 11 is 0. The summed E-state index contributed by atoms with van der Waals surface area (Å²) in [5, 5.41) is 11.9. The molecule has 1 fully saturated rings. The summed E-state index contributed by atoms with van der Waals surface area (Å²) in [6.07, 6.45) is 4.88. The van der Waals surface area contributed by atoms with E-state index in [2.05, 4.69) is 24.0 Å². The van der Waals surface area contributed by atoms with Crippen LogP contribution in [0.25, 0.3) is 10.9 Å². The van der Waals surface area contributed by atoms with E-state index in [4.69, 9.17) is 0 Å². The average Bonchev–Trinajstić information content (AvgIpc) is 3.22. The first-order chi connectivity index (χ1) is 8.24. The molecule has 1 saturated carbocycles. The average molecular weight is 227 g/mol. The summed E-state index contributed by atoms with van der Waals surface area (Å²) in [6.45, 7) is 2.06. The molecular weight excluding hydrogens is 210 g/mol. The summed E-state index contributed by atoms with van der Waals surface area (Å²) in [5.74, 6) is 0.446. The van der Waals surface area contributed by atoms with Gasteiger partial charge in [-0.1, -0.05) is 19.1 Å². The summed E-state index contributed by atoms with van der Waals surface area (Å²) < 4.78 is 0. The lowest BCUT2D eigenvalue weighted by Crippen LogP contribution is -2.27. The second kappa shape index (κ2) is 3.81. The van der Waals surface area contributed by atoms with Crippen molar-refractivity contribution in [2.45, 2.75) is 31.8 Å². The van der Waals surface area contributed by atoms with Gasteiger partial charge in [0.05, 0.1) is 11.1 Å². The monoisotopic (exact) mass is 227 g/mol. The molecule has 3 rings (SSSR count). The molecule has 2 nitrogen and oxygen atoms in total. The lowest BCUT2D eigenvalue weighted by atomic mass is 9.86. The zero-order chi connectivity index (χ0) is 11.9. The maximum absolute atomic E-state index is 10.8. The van der Waals surface area contributed by atoms with E-state index in [0.29, 0.717) is 5.92 Å². The Balaban J connectivity index is 2.10. The summed E-state index contributed by atoms with van der Waals surface area (Å²) in [5.41, 5.74) is 1.40. The van der Waals surface area contributed by atoms with Crippen molar-refractivity contribution in [1.29, 1.82) is 0 Å². The number of fused-ring (bicyclic) bond motifs is 1. The van der Waals surface area contributed by atoms with Gasteiger partial charge in [-0.25, -0.2) is 0 Å². The minimum absolute atomic E-state index is 0.446. The molecule has 1 aliphatic rings. The van der Waals surface area contributed by atoms with Crippen molar-refractivity contribution in [3.63, 3.8) is 0 Å². The quantitative estimate of drug-likeness (QED) is 0.873. The highest BCUT2D eigenvalue weighted by atomic mass is 16.3. The highest BCUT2D eigenvalue weighted by Crippen LogP contribution is 2.47. The Labute approximate surface area is 101 Å². The third-order valence-corrected chi connectivity index (χ3v) is 3.89. The molecule has 0 spiro atoms. The number of hydrogen-bond acceptors (Lipinski definition) is 2. The standard InChI is InChI=1S/C15H17NO/c1-2-15(17,12-5-6-12)13-7-8-14-11(10-13)4-3-9-16-14/h3-4,7-10,12,17H,2,5-6H2,1H3. The van der Waals surface area contributed by atoms with Gasteiger partial charge in [0.25, 0.3) is 0 Å². The fourth-order valence-electron chi connectivity index (χ4n) is 2.63. The van der Waals surface area contributed by atoms with Crippen LogP contribution in [0.5, 0.6) is 0 Å². The van der Waals surface area contributed by atoms with Gasteiger partial charge in [-0.15, -0.1) is 0 Å².